The minimum Gasteiger partial charge on any atom is -0.497 e. The van der Waals surface area contributed by atoms with E-state index < -0.39 is 0 Å². The first-order chi connectivity index (χ1) is 10.7. The Morgan fingerprint density at radius 1 is 1.50 bits per heavy atom. The largest absolute Gasteiger partial charge is 0.497 e. The molecule has 116 valence electrons. The molecule has 1 aromatic heterocycles. The predicted molar refractivity (Wildman–Crippen MR) is 86.6 cm³/mol. The Kier molecular flexibility index (Phi) is 5.48. The van der Waals surface area contributed by atoms with Gasteiger partial charge in [-0.1, -0.05) is 6.08 Å². The summed E-state index contributed by atoms with van der Waals surface area (Å²) in [6.45, 7) is 4.76. The molecule has 0 atom stereocenters. The van der Waals surface area contributed by atoms with Crippen molar-refractivity contribution < 1.29 is 9.53 Å². The molecule has 0 aliphatic rings. The Morgan fingerprint density at radius 2 is 2.23 bits per heavy atom. The summed E-state index contributed by atoms with van der Waals surface area (Å²) in [5.41, 5.74) is 0.589. The summed E-state index contributed by atoms with van der Waals surface area (Å²) in [6.07, 6.45) is 2.34. The molecule has 6 nitrogen and oxygen atoms in total. The monoisotopic (exact) mass is 318 g/mol. The van der Waals surface area contributed by atoms with Gasteiger partial charge in [0.25, 0.3) is 5.91 Å². The highest BCUT2D eigenvalue weighted by Crippen LogP contribution is 2.11. The van der Waals surface area contributed by atoms with Crippen LogP contribution >= 0.6 is 12.2 Å². The topological polar surface area (TPSA) is 71.9 Å². The number of aromatic nitrogens is 3. The highest BCUT2D eigenvalue weighted by Gasteiger charge is 2.08. The summed E-state index contributed by atoms with van der Waals surface area (Å²) in [4.78, 5) is 12.0. The van der Waals surface area contributed by atoms with Crippen molar-refractivity contribution in [3.05, 3.63) is 53.1 Å². The van der Waals surface area contributed by atoms with Gasteiger partial charge in [0.1, 0.15) is 11.6 Å². The average molecular weight is 318 g/mol. The second kappa shape index (κ2) is 7.56. The van der Waals surface area contributed by atoms with Crippen LogP contribution in [-0.4, -0.2) is 34.3 Å². The molecule has 0 fully saturated rings. The number of rotatable bonds is 7. The number of carbonyl (C=O) groups excluding carboxylic acids is 1. The second-order valence-corrected chi connectivity index (χ2v) is 4.97. The molecule has 2 rings (SSSR count). The number of nitrogens with zero attached hydrogens (tertiary/aromatic N) is 2. The van der Waals surface area contributed by atoms with Crippen LogP contribution in [0.25, 0.3) is 0 Å². The van der Waals surface area contributed by atoms with Crippen molar-refractivity contribution in [2.24, 2.45) is 0 Å². The van der Waals surface area contributed by atoms with Gasteiger partial charge in [0.15, 0.2) is 4.77 Å². The van der Waals surface area contributed by atoms with E-state index in [2.05, 4.69) is 22.1 Å². The number of methoxy groups -OCH3 is 1. The van der Waals surface area contributed by atoms with Crippen LogP contribution in [0.4, 0.5) is 0 Å². The molecule has 0 saturated carbocycles. The Morgan fingerprint density at radius 3 is 2.86 bits per heavy atom. The third-order valence-electron chi connectivity index (χ3n) is 3.14. The highest BCUT2D eigenvalue weighted by atomic mass is 32.1. The SMILES string of the molecule is C=CCn1c(CCNC(=O)c2ccc(OC)cc2)n[nH]c1=S. The van der Waals surface area contributed by atoms with Crippen molar-refractivity contribution in [1.82, 2.24) is 20.1 Å². The fourth-order valence-electron chi connectivity index (χ4n) is 1.99. The van der Waals surface area contributed by atoms with Crippen LogP contribution in [0.5, 0.6) is 5.75 Å². The molecule has 1 amide bonds. The average Bonchev–Trinajstić information content (AvgIpc) is 2.88. The number of H-pyrrole nitrogens is 1. The molecule has 1 aromatic carbocycles. The zero-order valence-corrected chi connectivity index (χ0v) is 13.2. The summed E-state index contributed by atoms with van der Waals surface area (Å²) < 4.78 is 7.46. The fourth-order valence-corrected chi connectivity index (χ4v) is 2.22. The van der Waals surface area contributed by atoms with Gasteiger partial charge in [0.2, 0.25) is 0 Å². The number of ether oxygens (including phenoxy) is 1. The fraction of sp³-hybridized carbons (Fsp3) is 0.267. The quantitative estimate of drug-likeness (QED) is 0.606. The Hall–Kier alpha value is -2.41. The van der Waals surface area contributed by atoms with Gasteiger partial charge in [-0.15, -0.1) is 6.58 Å². The first-order valence-corrected chi connectivity index (χ1v) is 7.23. The van der Waals surface area contributed by atoms with Crippen LogP contribution in [0, 0.1) is 4.77 Å². The number of amides is 1. The molecule has 7 heteroatoms. The van der Waals surface area contributed by atoms with Crippen molar-refractivity contribution in [3.63, 3.8) is 0 Å². The summed E-state index contributed by atoms with van der Waals surface area (Å²) in [5, 5.41) is 9.76. The molecular formula is C15H18N4O2S. The number of aromatic amines is 1. The Balaban J connectivity index is 1.91. The van der Waals surface area contributed by atoms with Crippen molar-refractivity contribution in [1.29, 1.82) is 0 Å². The van der Waals surface area contributed by atoms with E-state index in [1.54, 1.807) is 37.5 Å². The lowest BCUT2D eigenvalue weighted by Gasteiger charge is -2.07. The van der Waals surface area contributed by atoms with Gasteiger partial charge in [-0.2, -0.15) is 5.10 Å². The van der Waals surface area contributed by atoms with Gasteiger partial charge < -0.3 is 14.6 Å². The van der Waals surface area contributed by atoms with E-state index in [0.717, 1.165) is 11.6 Å². The predicted octanol–water partition coefficient (Wildman–Crippen LogP) is 2.11. The standard InChI is InChI=1S/C15H18N4O2S/c1-3-10-19-13(17-18-15(19)22)8-9-16-14(20)11-4-6-12(21-2)7-5-11/h3-7H,1,8-10H2,2H3,(H,16,20)(H,18,22). The van der Waals surface area contributed by atoms with E-state index in [1.165, 1.54) is 0 Å². The van der Waals surface area contributed by atoms with Crippen molar-refractivity contribution in [2.45, 2.75) is 13.0 Å². The van der Waals surface area contributed by atoms with Crippen molar-refractivity contribution in [2.75, 3.05) is 13.7 Å². The van der Waals surface area contributed by atoms with Crippen LogP contribution in [0.2, 0.25) is 0 Å². The van der Waals surface area contributed by atoms with Gasteiger partial charge in [-0.25, -0.2) is 0 Å². The molecular weight excluding hydrogens is 300 g/mol. The molecule has 2 N–H and O–H groups in total. The normalized spacial score (nSPS) is 10.2. The van der Waals surface area contributed by atoms with Gasteiger partial charge in [-0.3, -0.25) is 9.89 Å². The van der Waals surface area contributed by atoms with E-state index in [0.29, 0.717) is 29.8 Å². The third kappa shape index (κ3) is 3.82. The first kappa shape index (κ1) is 16.0. The van der Waals surface area contributed by atoms with E-state index in [-0.39, 0.29) is 5.91 Å². The van der Waals surface area contributed by atoms with Crippen LogP contribution < -0.4 is 10.1 Å². The summed E-state index contributed by atoms with van der Waals surface area (Å²) in [6, 6.07) is 6.96. The maximum Gasteiger partial charge on any atom is 0.251 e. The number of carbonyl (C=O) groups is 1. The minimum absolute atomic E-state index is 0.132. The van der Waals surface area contributed by atoms with Gasteiger partial charge in [0, 0.05) is 25.1 Å². The first-order valence-electron chi connectivity index (χ1n) is 6.83. The second-order valence-electron chi connectivity index (χ2n) is 4.58. The molecule has 0 unspecified atom stereocenters. The van der Waals surface area contributed by atoms with E-state index in [1.807, 2.05) is 4.57 Å². The van der Waals surface area contributed by atoms with Crippen LogP contribution in [0.1, 0.15) is 16.2 Å². The van der Waals surface area contributed by atoms with Crippen molar-refractivity contribution in [3.8, 4) is 5.75 Å². The minimum atomic E-state index is -0.132. The van der Waals surface area contributed by atoms with Crippen LogP contribution in [-0.2, 0) is 13.0 Å². The molecule has 1 heterocycles. The maximum atomic E-state index is 12.0. The zero-order valence-electron chi connectivity index (χ0n) is 12.3. The highest BCUT2D eigenvalue weighted by molar-refractivity contribution is 7.71. The lowest BCUT2D eigenvalue weighted by molar-refractivity contribution is 0.0954. The molecule has 0 aliphatic heterocycles. The van der Waals surface area contributed by atoms with E-state index in [9.17, 15) is 4.79 Å². The van der Waals surface area contributed by atoms with Gasteiger partial charge >= 0.3 is 0 Å². The molecule has 0 aliphatic carbocycles. The van der Waals surface area contributed by atoms with Gasteiger partial charge in [-0.05, 0) is 36.5 Å². The van der Waals surface area contributed by atoms with E-state index in [4.69, 9.17) is 17.0 Å². The smallest absolute Gasteiger partial charge is 0.251 e. The molecule has 0 saturated heterocycles. The van der Waals surface area contributed by atoms with Crippen molar-refractivity contribution >= 4 is 18.1 Å². The molecule has 0 radical (unpaired) electrons. The van der Waals surface area contributed by atoms with Crippen LogP contribution in [0.15, 0.2) is 36.9 Å². The zero-order chi connectivity index (χ0) is 15.9. The molecule has 0 bridgehead atoms. The molecule has 0 spiro atoms. The number of hydrogen-bond acceptors (Lipinski definition) is 4. The van der Waals surface area contributed by atoms with Gasteiger partial charge in [0.05, 0.1) is 7.11 Å². The Bertz CT molecular complexity index is 703. The molecule has 2 aromatic rings. The Labute approximate surface area is 133 Å². The lowest BCUT2D eigenvalue weighted by atomic mass is 10.2. The lowest BCUT2D eigenvalue weighted by Crippen LogP contribution is -2.26. The van der Waals surface area contributed by atoms with E-state index >= 15 is 0 Å². The number of hydrogen-bond donors (Lipinski definition) is 2. The molecule has 22 heavy (non-hydrogen) atoms. The number of allylic oxidation sites excluding steroid dienone is 1. The summed E-state index contributed by atoms with van der Waals surface area (Å²) in [5.74, 6) is 1.38. The third-order valence-corrected chi connectivity index (χ3v) is 3.45. The number of benzene rings is 1. The summed E-state index contributed by atoms with van der Waals surface area (Å²) >= 11 is 5.14. The maximum absolute atomic E-state index is 12.0. The number of nitrogens with one attached hydrogen (secondary N) is 2. The summed E-state index contributed by atoms with van der Waals surface area (Å²) in [7, 11) is 1.59. The van der Waals surface area contributed by atoms with Crippen LogP contribution in [0.3, 0.4) is 0 Å².